The van der Waals surface area contributed by atoms with Gasteiger partial charge in [0.2, 0.25) is 11.1 Å². The number of H-pyrrole nitrogens is 1. The third kappa shape index (κ3) is 2.50. The first-order valence-corrected chi connectivity index (χ1v) is 7.33. The molecule has 0 saturated carbocycles. The molecule has 0 aliphatic rings. The van der Waals surface area contributed by atoms with Crippen LogP contribution in [-0.2, 0) is 6.42 Å². The normalized spacial score (nSPS) is 11.3. The van der Waals surface area contributed by atoms with Crippen LogP contribution in [0.25, 0.3) is 17.2 Å². The summed E-state index contributed by atoms with van der Waals surface area (Å²) in [4.78, 5) is 12.7. The molecule has 0 amide bonds. The molecule has 0 saturated heterocycles. The summed E-state index contributed by atoms with van der Waals surface area (Å²) < 4.78 is 29.1. The summed E-state index contributed by atoms with van der Waals surface area (Å²) >= 11 is 5.75. The molecule has 0 fully saturated rings. The molecule has 0 aliphatic heterocycles. The first-order valence-electron chi connectivity index (χ1n) is 6.95. The summed E-state index contributed by atoms with van der Waals surface area (Å²) in [6.45, 7) is 0. The van der Waals surface area contributed by atoms with Crippen molar-refractivity contribution in [2.45, 2.75) is 6.42 Å². The van der Waals surface area contributed by atoms with Crippen molar-refractivity contribution in [2.75, 3.05) is 0 Å². The third-order valence-electron chi connectivity index (χ3n) is 3.52. The number of hydrogen-bond acceptors (Lipinski definition) is 4. The average Bonchev–Trinajstić information content (AvgIpc) is 3.20. The van der Waals surface area contributed by atoms with Gasteiger partial charge in [-0.3, -0.25) is 0 Å². The van der Waals surface area contributed by atoms with Crippen LogP contribution >= 0.6 is 11.6 Å². The number of aromatic amines is 1. The van der Waals surface area contributed by atoms with Gasteiger partial charge in [0.1, 0.15) is 5.69 Å². The maximum absolute atomic E-state index is 14.0. The van der Waals surface area contributed by atoms with Crippen molar-refractivity contribution in [3.8, 4) is 11.5 Å². The van der Waals surface area contributed by atoms with E-state index < -0.39 is 11.6 Å². The summed E-state index contributed by atoms with van der Waals surface area (Å²) in [6, 6.07) is 4.04. The molecule has 4 rings (SSSR count). The van der Waals surface area contributed by atoms with Gasteiger partial charge in [-0.15, -0.1) is 0 Å². The lowest BCUT2D eigenvalue weighted by molar-refractivity contribution is 0.500. The number of hydrogen-bond donors (Lipinski definition) is 1. The molecule has 0 bridgehead atoms. The molecular weight excluding hydrogens is 338 g/mol. The Bertz CT molecular complexity index is 1040. The van der Waals surface area contributed by atoms with E-state index in [2.05, 4.69) is 25.1 Å². The van der Waals surface area contributed by atoms with E-state index in [0.717, 1.165) is 6.07 Å². The Morgan fingerprint density at radius 3 is 2.88 bits per heavy atom. The molecular formula is C15H9ClF2N6. The van der Waals surface area contributed by atoms with E-state index in [1.165, 1.54) is 12.1 Å². The van der Waals surface area contributed by atoms with E-state index in [0.29, 0.717) is 22.9 Å². The summed E-state index contributed by atoms with van der Waals surface area (Å²) in [5.74, 6) is -1.49. The molecule has 0 atom stereocenters. The monoisotopic (exact) mass is 346 g/mol. The first kappa shape index (κ1) is 14.7. The molecule has 3 heterocycles. The third-order valence-corrected chi connectivity index (χ3v) is 3.69. The number of aromatic nitrogens is 6. The molecule has 0 radical (unpaired) electrons. The first-order chi connectivity index (χ1) is 11.6. The molecule has 1 N–H and O–H groups in total. The highest BCUT2D eigenvalue weighted by Gasteiger charge is 2.15. The van der Waals surface area contributed by atoms with Gasteiger partial charge in [-0.05, 0) is 23.2 Å². The summed E-state index contributed by atoms with van der Waals surface area (Å²) in [5, 5.41) is 6.62. The van der Waals surface area contributed by atoms with Crippen molar-refractivity contribution in [2.24, 2.45) is 0 Å². The Balaban J connectivity index is 1.84. The lowest BCUT2D eigenvalue weighted by atomic mass is 10.1. The van der Waals surface area contributed by atoms with Crippen molar-refractivity contribution < 1.29 is 8.78 Å². The second-order valence-electron chi connectivity index (χ2n) is 5.07. The van der Waals surface area contributed by atoms with Crippen LogP contribution < -0.4 is 0 Å². The Labute approximate surface area is 139 Å². The SMILES string of the molecule is Fc1cccc(Cc2nc(-c3n[nH]c(Cl)n3)cn3ccnc23)c1F. The number of rotatable bonds is 3. The maximum atomic E-state index is 14.0. The predicted octanol–water partition coefficient (Wildman–Crippen LogP) is 3.04. The lowest BCUT2D eigenvalue weighted by Gasteiger charge is -2.07. The average molecular weight is 347 g/mol. The number of nitrogens with one attached hydrogen (secondary N) is 1. The van der Waals surface area contributed by atoms with Crippen molar-refractivity contribution in [1.82, 2.24) is 29.5 Å². The van der Waals surface area contributed by atoms with Gasteiger partial charge in [0.25, 0.3) is 0 Å². The van der Waals surface area contributed by atoms with Crippen molar-refractivity contribution in [1.29, 1.82) is 0 Å². The van der Waals surface area contributed by atoms with E-state index in [1.807, 2.05) is 0 Å². The quantitative estimate of drug-likeness (QED) is 0.619. The van der Waals surface area contributed by atoms with Crippen LogP contribution in [0.5, 0.6) is 0 Å². The van der Waals surface area contributed by atoms with Gasteiger partial charge in [0, 0.05) is 25.0 Å². The zero-order valence-electron chi connectivity index (χ0n) is 12.0. The van der Waals surface area contributed by atoms with E-state index in [-0.39, 0.29) is 17.3 Å². The van der Waals surface area contributed by atoms with E-state index in [4.69, 9.17) is 11.6 Å². The Hall–Kier alpha value is -2.87. The van der Waals surface area contributed by atoms with Crippen molar-refractivity contribution in [3.05, 3.63) is 65.0 Å². The molecule has 0 aliphatic carbocycles. The molecule has 9 heteroatoms. The minimum absolute atomic E-state index is 0.0795. The number of halogens is 3. The Morgan fingerprint density at radius 2 is 2.08 bits per heavy atom. The molecule has 0 spiro atoms. The number of nitrogens with zero attached hydrogens (tertiary/aromatic N) is 5. The highest BCUT2D eigenvalue weighted by atomic mass is 35.5. The van der Waals surface area contributed by atoms with Crippen LogP contribution in [0.1, 0.15) is 11.3 Å². The highest BCUT2D eigenvalue weighted by molar-refractivity contribution is 6.28. The standard InChI is InChI=1S/C15H9ClF2N6/c16-15-21-13(22-23-15)11-7-24-5-4-19-14(24)10(20-11)6-8-2-1-3-9(17)12(8)18/h1-5,7H,6H2,(H,21,22,23). The molecule has 4 aromatic rings. The molecule has 1 aromatic carbocycles. The topological polar surface area (TPSA) is 71.8 Å². The lowest BCUT2D eigenvalue weighted by Crippen LogP contribution is -2.03. The van der Waals surface area contributed by atoms with Gasteiger partial charge in [-0.25, -0.2) is 23.8 Å². The summed E-state index contributed by atoms with van der Waals surface area (Å²) in [7, 11) is 0. The fourth-order valence-electron chi connectivity index (χ4n) is 2.45. The Kier molecular flexibility index (Phi) is 3.46. The number of benzene rings is 1. The highest BCUT2D eigenvalue weighted by Crippen LogP contribution is 2.21. The number of fused-ring (bicyclic) bond motifs is 1. The van der Waals surface area contributed by atoms with Crippen molar-refractivity contribution in [3.63, 3.8) is 0 Å². The van der Waals surface area contributed by atoms with Crippen LogP contribution in [0.2, 0.25) is 5.28 Å². The van der Waals surface area contributed by atoms with Crippen LogP contribution in [-0.4, -0.2) is 29.5 Å². The second kappa shape index (κ2) is 5.64. The van der Waals surface area contributed by atoms with Crippen LogP contribution in [0.3, 0.4) is 0 Å². The minimum atomic E-state index is -0.899. The summed E-state index contributed by atoms with van der Waals surface area (Å²) in [5.41, 5.74) is 1.65. The molecule has 3 aromatic heterocycles. The molecule has 120 valence electrons. The maximum Gasteiger partial charge on any atom is 0.218 e. The Morgan fingerprint density at radius 1 is 1.21 bits per heavy atom. The smallest absolute Gasteiger partial charge is 0.218 e. The molecule has 24 heavy (non-hydrogen) atoms. The fourth-order valence-corrected chi connectivity index (χ4v) is 2.57. The van der Waals surface area contributed by atoms with E-state index in [9.17, 15) is 8.78 Å². The zero-order valence-corrected chi connectivity index (χ0v) is 12.8. The zero-order chi connectivity index (χ0) is 16.7. The molecule has 0 unspecified atom stereocenters. The van der Waals surface area contributed by atoms with Gasteiger partial charge in [0.15, 0.2) is 17.3 Å². The molecule has 6 nitrogen and oxygen atoms in total. The minimum Gasteiger partial charge on any atom is -0.303 e. The fraction of sp³-hybridized carbons (Fsp3) is 0.0667. The van der Waals surface area contributed by atoms with Gasteiger partial charge in [-0.1, -0.05) is 12.1 Å². The second-order valence-corrected chi connectivity index (χ2v) is 5.43. The predicted molar refractivity (Wildman–Crippen MR) is 82.5 cm³/mol. The van der Waals surface area contributed by atoms with Gasteiger partial charge >= 0.3 is 0 Å². The van der Waals surface area contributed by atoms with Gasteiger partial charge < -0.3 is 4.40 Å². The van der Waals surface area contributed by atoms with Gasteiger partial charge in [0.05, 0.1) is 5.69 Å². The largest absolute Gasteiger partial charge is 0.303 e. The van der Waals surface area contributed by atoms with Crippen LogP contribution in [0, 0.1) is 11.6 Å². The van der Waals surface area contributed by atoms with Crippen molar-refractivity contribution >= 4 is 17.2 Å². The summed E-state index contributed by atoms with van der Waals surface area (Å²) in [6.07, 6.45) is 5.08. The number of imidazole rings is 1. The van der Waals surface area contributed by atoms with Crippen LogP contribution in [0.15, 0.2) is 36.8 Å². The van der Waals surface area contributed by atoms with Gasteiger partial charge in [-0.2, -0.15) is 10.1 Å². The van der Waals surface area contributed by atoms with E-state index in [1.54, 1.807) is 23.0 Å². The van der Waals surface area contributed by atoms with Crippen LogP contribution in [0.4, 0.5) is 8.78 Å². The van der Waals surface area contributed by atoms with E-state index >= 15 is 0 Å².